The van der Waals surface area contributed by atoms with E-state index in [0.717, 1.165) is 43.9 Å². The van der Waals surface area contributed by atoms with Gasteiger partial charge in [-0.1, -0.05) is 12.8 Å². The summed E-state index contributed by atoms with van der Waals surface area (Å²) in [6.45, 7) is 0. The number of fused-ring (bicyclic) bond motifs is 1. The van der Waals surface area contributed by atoms with Crippen molar-refractivity contribution >= 4 is 5.78 Å². The fourth-order valence-corrected chi connectivity index (χ4v) is 3.65. The molecule has 2 aliphatic rings. The van der Waals surface area contributed by atoms with E-state index in [9.17, 15) is 18.8 Å². The van der Waals surface area contributed by atoms with E-state index < -0.39 is 17.6 Å². The van der Waals surface area contributed by atoms with Gasteiger partial charge in [-0.2, -0.15) is 5.26 Å². The summed E-state index contributed by atoms with van der Waals surface area (Å²) in [6.07, 6.45) is 4.35. The Morgan fingerprint density at radius 3 is 2.20 bits per heavy atom. The summed E-state index contributed by atoms with van der Waals surface area (Å²) in [6, 6.07) is 4.84. The van der Waals surface area contributed by atoms with Crippen molar-refractivity contribution in [3.05, 3.63) is 35.4 Å². The van der Waals surface area contributed by atoms with E-state index in [1.54, 1.807) is 0 Å². The van der Waals surface area contributed by atoms with E-state index in [4.69, 9.17) is 0 Å². The number of nitrogens with zero attached hydrogens (tertiary/aromatic N) is 1. The first-order chi connectivity index (χ1) is 9.61. The van der Waals surface area contributed by atoms with Crippen molar-refractivity contribution in [1.29, 1.82) is 5.26 Å². The Kier molecular flexibility index (Phi) is 3.29. The van der Waals surface area contributed by atoms with Crippen molar-refractivity contribution in [3.8, 4) is 6.07 Å². The topological polar surface area (TPSA) is 40.9 Å². The number of benzene rings is 1. The largest absolute Gasteiger partial charge is 0.298 e. The zero-order valence-electron chi connectivity index (χ0n) is 11.0. The first-order valence-electron chi connectivity index (χ1n) is 7.01. The Balaban J connectivity index is 1.83. The summed E-state index contributed by atoms with van der Waals surface area (Å²) < 4.78 is 26.5. The van der Waals surface area contributed by atoms with Crippen LogP contribution in [0.3, 0.4) is 0 Å². The molecule has 0 radical (unpaired) electrons. The van der Waals surface area contributed by atoms with Gasteiger partial charge in [0.2, 0.25) is 0 Å². The summed E-state index contributed by atoms with van der Waals surface area (Å²) in [4.78, 5) is 12.5. The molecule has 0 amide bonds. The highest BCUT2D eigenvalue weighted by Gasteiger charge is 2.55. The molecule has 2 saturated carbocycles. The zero-order chi connectivity index (χ0) is 14.3. The molecule has 0 aliphatic heterocycles. The van der Waals surface area contributed by atoms with Gasteiger partial charge in [0.1, 0.15) is 17.6 Å². The number of hydrogen-bond acceptors (Lipinski definition) is 2. The van der Waals surface area contributed by atoms with Gasteiger partial charge >= 0.3 is 0 Å². The number of carbonyl (C=O) groups is 1. The molecule has 0 N–H and O–H groups in total. The second kappa shape index (κ2) is 4.97. The molecule has 4 heteroatoms. The summed E-state index contributed by atoms with van der Waals surface area (Å²) in [5.74, 6) is -1.99. The molecule has 0 spiro atoms. The number of nitriles is 1. The molecule has 2 fully saturated rings. The maximum atomic E-state index is 13.2. The second-order valence-electron chi connectivity index (χ2n) is 5.81. The number of halogens is 2. The van der Waals surface area contributed by atoms with Gasteiger partial charge in [0.05, 0.1) is 6.07 Å². The van der Waals surface area contributed by atoms with E-state index in [1.165, 1.54) is 0 Å². The second-order valence-corrected chi connectivity index (χ2v) is 5.81. The van der Waals surface area contributed by atoms with E-state index in [-0.39, 0.29) is 17.3 Å². The Bertz CT molecular complexity index is 560. The van der Waals surface area contributed by atoms with Gasteiger partial charge in [-0.05, 0) is 42.4 Å². The highest BCUT2D eigenvalue weighted by Crippen LogP contribution is 2.57. The van der Waals surface area contributed by atoms with Crippen LogP contribution in [0.1, 0.15) is 37.2 Å². The minimum Gasteiger partial charge on any atom is -0.298 e. The Labute approximate surface area is 116 Å². The Hall–Kier alpha value is -1.76. The van der Waals surface area contributed by atoms with Gasteiger partial charge in [-0.15, -0.1) is 0 Å². The van der Waals surface area contributed by atoms with E-state index >= 15 is 0 Å². The zero-order valence-corrected chi connectivity index (χ0v) is 11.0. The highest BCUT2D eigenvalue weighted by atomic mass is 19.1. The molecule has 0 saturated heterocycles. The van der Waals surface area contributed by atoms with Crippen molar-refractivity contribution in [3.63, 3.8) is 0 Å². The Morgan fingerprint density at radius 2 is 1.70 bits per heavy atom. The smallest absolute Gasteiger partial charge is 0.158 e. The molecular weight excluding hydrogens is 260 g/mol. The van der Waals surface area contributed by atoms with Crippen LogP contribution in [-0.4, -0.2) is 5.78 Å². The molecule has 1 aromatic rings. The third-order valence-corrected chi connectivity index (χ3v) is 4.62. The minimum absolute atomic E-state index is 0.0755. The van der Waals surface area contributed by atoms with Crippen LogP contribution in [0, 0.1) is 40.7 Å². The van der Waals surface area contributed by atoms with Crippen molar-refractivity contribution in [2.24, 2.45) is 17.8 Å². The molecule has 0 aromatic heterocycles. The highest BCUT2D eigenvalue weighted by molar-refractivity contribution is 5.93. The maximum Gasteiger partial charge on any atom is 0.158 e. The summed E-state index contributed by atoms with van der Waals surface area (Å²) in [5.41, 5.74) is 0.138. The third kappa shape index (κ3) is 2.22. The quantitative estimate of drug-likeness (QED) is 0.846. The molecule has 2 nitrogen and oxygen atoms in total. The van der Waals surface area contributed by atoms with Gasteiger partial charge in [-0.25, -0.2) is 8.78 Å². The number of ketones is 1. The molecular formula is C16H15F2NO. The normalized spacial score (nSPS) is 29.1. The summed E-state index contributed by atoms with van der Waals surface area (Å²) in [7, 11) is 0. The SMILES string of the molecule is N#CC(C(=O)C1C2CCCCC21)c1cc(F)cc(F)c1. The van der Waals surface area contributed by atoms with E-state index in [2.05, 4.69) is 0 Å². The number of rotatable bonds is 3. The van der Waals surface area contributed by atoms with Crippen molar-refractivity contribution < 1.29 is 13.6 Å². The minimum atomic E-state index is -1.05. The van der Waals surface area contributed by atoms with Crippen LogP contribution in [0.5, 0.6) is 0 Å². The first-order valence-corrected chi connectivity index (χ1v) is 7.01. The van der Waals surface area contributed by atoms with E-state index in [0.29, 0.717) is 11.8 Å². The van der Waals surface area contributed by atoms with Gasteiger partial charge in [0.15, 0.2) is 5.78 Å². The van der Waals surface area contributed by atoms with Crippen LogP contribution in [0.2, 0.25) is 0 Å². The number of Topliss-reactive ketones (excluding diaryl/α,β-unsaturated/α-hetero) is 1. The molecule has 3 rings (SSSR count). The number of carbonyl (C=O) groups excluding carboxylic acids is 1. The predicted octanol–water partition coefficient (Wildman–Crippen LogP) is 3.58. The molecule has 0 heterocycles. The first kappa shape index (κ1) is 13.2. The molecule has 104 valence electrons. The Morgan fingerprint density at radius 1 is 1.15 bits per heavy atom. The lowest BCUT2D eigenvalue weighted by Gasteiger charge is -2.09. The van der Waals surface area contributed by atoms with E-state index in [1.807, 2.05) is 6.07 Å². The number of hydrogen-bond donors (Lipinski definition) is 0. The predicted molar refractivity (Wildman–Crippen MR) is 68.7 cm³/mol. The molecule has 3 unspecified atom stereocenters. The van der Waals surface area contributed by atoms with Gasteiger partial charge in [0, 0.05) is 12.0 Å². The molecule has 0 bridgehead atoms. The van der Waals surface area contributed by atoms with Crippen molar-refractivity contribution in [2.45, 2.75) is 31.6 Å². The lowest BCUT2D eigenvalue weighted by Crippen LogP contribution is -2.15. The molecule has 2 aliphatic carbocycles. The molecule has 1 aromatic carbocycles. The van der Waals surface area contributed by atoms with Crippen LogP contribution in [0.4, 0.5) is 8.78 Å². The standard InChI is InChI=1S/C16H15F2NO/c17-10-5-9(6-11(18)7-10)14(8-19)16(20)15-12-3-1-2-4-13(12)15/h5-7,12-15H,1-4H2. The van der Waals surface area contributed by atoms with Crippen LogP contribution in [-0.2, 0) is 4.79 Å². The average Bonchev–Trinajstić information content (AvgIpc) is 3.12. The summed E-state index contributed by atoms with van der Waals surface area (Å²) >= 11 is 0. The van der Waals surface area contributed by atoms with Crippen molar-refractivity contribution in [1.82, 2.24) is 0 Å². The lowest BCUT2D eigenvalue weighted by atomic mass is 9.92. The van der Waals surface area contributed by atoms with Crippen LogP contribution in [0.25, 0.3) is 0 Å². The van der Waals surface area contributed by atoms with Crippen LogP contribution >= 0.6 is 0 Å². The van der Waals surface area contributed by atoms with Crippen LogP contribution in [0.15, 0.2) is 18.2 Å². The monoisotopic (exact) mass is 275 g/mol. The van der Waals surface area contributed by atoms with Gasteiger partial charge < -0.3 is 0 Å². The van der Waals surface area contributed by atoms with Gasteiger partial charge in [0.25, 0.3) is 0 Å². The fourth-order valence-electron chi connectivity index (χ4n) is 3.65. The average molecular weight is 275 g/mol. The molecule has 3 atom stereocenters. The third-order valence-electron chi connectivity index (χ3n) is 4.62. The van der Waals surface area contributed by atoms with Crippen LogP contribution < -0.4 is 0 Å². The molecule has 20 heavy (non-hydrogen) atoms. The maximum absolute atomic E-state index is 13.2. The van der Waals surface area contributed by atoms with Gasteiger partial charge in [-0.3, -0.25) is 4.79 Å². The fraction of sp³-hybridized carbons (Fsp3) is 0.500. The lowest BCUT2D eigenvalue weighted by molar-refractivity contribution is -0.121. The van der Waals surface area contributed by atoms with Crippen molar-refractivity contribution in [2.75, 3.05) is 0 Å². The summed E-state index contributed by atoms with van der Waals surface area (Å²) in [5, 5.41) is 9.23.